The Hall–Kier alpha value is -0.0800. The van der Waals surface area contributed by atoms with E-state index in [-0.39, 0.29) is 0 Å². The Morgan fingerprint density at radius 1 is 1.27 bits per heavy atom. The molecule has 2 nitrogen and oxygen atoms in total. The SMILES string of the molecule is CCNC1CCCN(C(C)(CC)CC)C1. The number of hydrogen-bond acceptors (Lipinski definition) is 2. The van der Waals surface area contributed by atoms with Crippen LogP contribution in [0.15, 0.2) is 0 Å². The van der Waals surface area contributed by atoms with Gasteiger partial charge in [-0.25, -0.2) is 0 Å². The van der Waals surface area contributed by atoms with Crippen molar-refractivity contribution in [2.24, 2.45) is 0 Å². The lowest BCUT2D eigenvalue weighted by atomic mass is 9.90. The highest BCUT2D eigenvalue weighted by molar-refractivity contribution is 4.89. The minimum absolute atomic E-state index is 0.425. The van der Waals surface area contributed by atoms with Gasteiger partial charge in [-0.3, -0.25) is 4.90 Å². The molecule has 0 aliphatic carbocycles. The standard InChI is InChI=1S/C13H28N2/c1-5-13(4,6-2)15-10-8-9-12(11-15)14-7-3/h12,14H,5-11H2,1-4H3. The summed E-state index contributed by atoms with van der Waals surface area (Å²) in [6.45, 7) is 12.9. The van der Waals surface area contributed by atoms with E-state index < -0.39 is 0 Å². The molecule has 0 aromatic heterocycles. The summed E-state index contributed by atoms with van der Waals surface area (Å²) in [5, 5.41) is 3.59. The third kappa shape index (κ3) is 3.18. The summed E-state index contributed by atoms with van der Waals surface area (Å²) in [6, 6.07) is 0.723. The molecule has 0 aromatic carbocycles. The van der Waals surface area contributed by atoms with Crippen molar-refractivity contribution in [2.75, 3.05) is 19.6 Å². The van der Waals surface area contributed by atoms with Crippen molar-refractivity contribution in [2.45, 2.75) is 65.0 Å². The molecule has 1 rings (SSSR count). The Labute approximate surface area is 95.4 Å². The van der Waals surface area contributed by atoms with Crippen LogP contribution in [0.1, 0.15) is 53.4 Å². The van der Waals surface area contributed by atoms with Gasteiger partial charge < -0.3 is 5.32 Å². The molecule has 1 heterocycles. The van der Waals surface area contributed by atoms with Crippen LogP contribution in [0, 0.1) is 0 Å². The average Bonchev–Trinajstić information content (AvgIpc) is 2.29. The highest BCUT2D eigenvalue weighted by Gasteiger charge is 2.31. The minimum atomic E-state index is 0.425. The van der Waals surface area contributed by atoms with Crippen molar-refractivity contribution in [1.29, 1.82) is 0 Å². The second-order valence-electron chi connectivity index (χ2n) is 5.05. The van der Waals surface area contributed by atoms with Crippen molar-refractivity contribution in [3.05, 3.63) is 0 Å². The van der Waals surface area contributed by atoms with Crippen LogP contribution in [-0.4, -0.2) is 36.1 Å². The zero-order chi connectivity index (χ0) is 11.3. The third-order valence-corrected chi connectivity index (χ3v) is 4.20. The van der Waals surface area contributed by atoms with Gasteiger partial charge in [-0.2, -0.15) is 0 Å². The molecule has 1 aliphatic heterocycles. The van der Waals surface area contributed by atoms with Crippen LogP contribution in [0.25, 0.3) is 0 Å². The molecule has 1 saturated heterocycles. The molecule has 0 saturated carbocycles. The normalized spacial score (nSPS) is 24.4. The first kappa shape index (κ1) is 13.0. The Balaban J connectivity index is 2.54. The molecule has 1 N–H and O–H groups in total. The maximum atomic E-state index is 3.59. The van der Waals surface area contributed by atoms with E-state index in [0.29, 0.717) is 5.54 Å². The van der Waals surface area contributed by atoms with Crippen LogP contribution >= 0.6 is 0 Å². The van der Waals surface area contributed by atoms with Crippen molar-refractivity contribution in [1.82, 2.24) is 10.2 Å². The molecular weight excluding hydrogens is 184 g/mol. The van der Waals surface area contributed by atoms with Crippen LogP contribution in [0.5, 0.6) is 0 Å². The fourth-order valence-electron chi connectivity index (χ4n) is 2.62. The molecule has 0 amide bonds. The van der Waals surface area contributed by atoms with Gasteiger partial charge in [0.1, 0.15) is 0 Å². The van der Waals surface area contributed by atoms with Crippen LogP contribution in [-0.2, 0) is 0 Å². The van der Waals surface area contributed by atoms with E-state index in [1.807, 2.05) is 0 Å². The highest BCUT2D eigenvalue weighted by Crippen LogP contribution is 2.26. The minimum Gasteiger partial charge on any atom is -0.313 e. The molecule has 1 unspecified atom stereocenters. The number of hydrogen-bond donors (Lipinski definition) is 1. The quantitative estimate of drug-likeness (QED) is 0.753. The number of nitrogens with one attached hydrogen (secondary N) is 1. The van der Waals surface area contributed by atoms with E-state index in [0.717, 1.165) is 12.6 Å². The second-order valence-corrected chi connectivity index (χ2v) is 5.05. The van der Waals surface area contributed by atoms with Gasteiger partial charge in [-0.1, -0.05) is 20.8 Å². The van der Waals surface area contributed by atoms with Gasteiger partial charge >= 0.3 is 0 Å². The summed E-state index contributed by atoms with van der Waals surface area (Å²) in [7, 11) is 0. The molecule has 1 aliphatic rings. The summed E-state index contributed by atoms with van der Waals surface area (Å²) in [6.07, 6.45) is 5.24. The highest BCUT2D eigenvalue weighted by atomic mass is 15.2. The van der Waals surface area contributed by atoms with Crippen LogP contribution < -0.4 is 5.32 Å². The van der Waals surface area contributed by atoms with Crippen molar-refractivity contribution in [3.8, 4) is 0 Å². The number of nitrogens with zero attached hydrogens (tertiary/aromatic N) is 1. The topological polar surface area (TPSA) is 15.3 Å². The first-order valence-electron chi connectivity index (χ1n) is 6.64. The summed E-state index contributed by atoms with van der Waals surface area (Å²) >= 11 is 0. The van der Waals surface area contributed by atoms with E-state index in [9.17, 15) is 0 Å². The van der Waals surface area contributed by atoms with Crippen LogP contribution in [0.3, 0.4) is 0 Å². The zero-order valence-electron chi connectivity index (χ0n) is 11.0. The molecule has 0 bridgehead atoms. The molecule has 0 spiro atoms. The molecule has 15 heavy (non-hydrogen) atoms. The molecule has 90 valence electrons. The Morgan fingerprint density at radius 2 is 1.93 bits per heavy atom. The predicted octanol–water partition coefficient (Wildman–Crippen LogP) is 2.64. The van der Waals surface area contributed by atoms with E-state index in [1.54, 1.807) is 0 Å². The van der Waals surface area contributed by atoms with Gasteiger partial charge in [-0.15, -0.1) is 0 Å². The number of rotatable bonds is 5. The second kappa shape index (κ2) is 5.86. The molecule has 1 fully saturated rings. The molecule has 0 radical (unpaired) electrons. The summed E-state index contributed by atoms with van der Waals surface area (Å²) < 4.78 is 0. The lowest BCUT2D eigenvalue weighted by molar-refractivity contribution is 0.0585. The molecule has 0 aromatic rings. The van der Waals surface area contributed by atoms with Gasteiger partial charge in [0.2, 0.25) is 0 Å². The Bertz CT molecular complexity index is 173. The van der Waals surface area contributed by atoms with E-state index in [4.69, 9.17) is 0 Å². The fraction of sp³-hybridized carbons (Fsp3) is 1.00. The van der Waals surface area contributed by atoms with Crippen molar-refractivity contribution < 1.29 is 0 Å². The summed E-state index contributed by atoms with van der Waals surface area (Å²) in [5.41, 5.74) is 0.425. The lowest BCUT2D eigenvalue weighted by Gasteiger charge is -2.45. The van der Waals surface area contributed by atoms with Gasteiger partial charge in [0.25, 0.3) is 0 Å². The maximum Gasteiger partial charge on any atom is 0.0195 e. The fourth-order valence-corrected chi connectivity index (χ4v) is 2.62. The van der Waals surface area contributed by atoms with Gasteiger partial charge in [0, 0.05) is 18.1 Å². The van der Waals surface area contributed by atoms with Crippen LogP contribution in [0.4, 0.5) is 0 Å². The Morgan fingerprint density at radius 3 is 2.47 bits per heavy atom. The molecule has 1 atom stereocenters. The van der Waals surface area contributed by atoms with Crippen molar-refractivity contribution >= 4 is 0 Å². The van der Waals surface area contributed by atoms with Crippen LogP contribution in [0.2, 0.25) is 0 Å². The summed E-state index contributed by atoms with van der Waals surface area (Å²) in [4.78, 5) is 2.70. The monoisotopic (exact) mass is 212 g/mol. The van der Waals surface area contributed by atoms with E-state index in [1.165, 1.54) is 38.8 Å². The van der Waals surface area contributed by atoms with Gasteiger partial charge in [-0.05, 0) is 45.7 Å². The molecule has 2 heteroatoms. The first-order valence-corrected chi connectivity index (χ1v) is 6.64. The van der Waals surface area contributed by atoms with Crippen molar-refractivity contribution in [3.63, 3.8) is 0 Å². The number of likely N-dealkylation sites (tertiary alicyclic amines) is 1. The molecular formula is C13H28N2. The zero-order valence-corrected chi connectivity index (χ0v) is 11.0. The summed E-state index contributed by atoms with van der Waals surface area (Å²) in [5.74, 6) is 0. The van der Waals surface area contributed by atoms with E-state index >= 15 is 0 Å². The first-order chi connectivity index (χ1) is 7.16. The largest absolute Gasteiger partial charge is 0.313 e. The van der Waals surface area contributed by atoms with Gasteiger partial charge in [0.05, 0.1) is 0 Å². The Kier molecular flexibility index (Phi) is 5.07. The maximum absolute atomic E-state index is 3.59. The predicted molar refractivity (Wildman–Crippen MR) is 67.3 cm³/mol. The number of piperidine rings is 1. The smallest absolute Gasteiger partial charge is 0.0195 e. The lowest BCUT2D eigenvalue weighted by Crippen LogP contribution is -2.54. The average molecular weight is 212 g/mol. The van der Waals surface area contributed by atoms with Gasteiger partial charge in [0.15, 0.2) is 0 Å². The third-order valence-electron chi connectivity index (χ3n) is 4.20. The van der Waals surface area contributed by atoms with E-state index in [2.05, 4.69) is 37.9 Å². The number of likely N-dealkylation sites (N-methyl/N-ethyl adjacent to an activating group) is 1.